The summed E-state index contributed by atoms with van der Waals surface area (Å²) in [6.45, 7) is 2.72. The summed E-state index contributed by atoms with van der Waals surface area (Å²) in [4.78, 5) is 21.6. The number of sulfonamides is 1. The number of primary amides is 1. The predicted octanol–water partition coefficient (Wildman–Crippen LogP) is 1.09. The molecule has 1 aromatic rings. The third-order valence-electron chi connectivity index (χ3n) is 2.34. The van der Waals surface area contributed by atoms with Crippen molar-refractivity contribution in [1.29, 1.82) is 0 Å². The number of thiophene rings is 1. The number of nitrogens with zero attached hydrogens (tertiary/aromatic N) is 1. The van der Waals surface area contributed by atoms with Crippen molar-refractivity contribution in [3.8, 4) is 0 Å². The molecule has 0 bridgehead atoms. The van der Waals surface area contributed by atoms with Crippen LogP contribution in [0.2, 0.25) is 0 Å². The first-order chi connectivity index (χ1) is 9.07. The Hall–Kier alpha value is -0.970. The van der Waals surface area contributed by atoms with E-state index in [2.05, 4.69) is 15.9 Å². The van der Waals surface area contributed by atoms with Crippen LogP contribution in [-0.4, -0.2) is 42.3 Å². The molecule has 0 aliphatic carbocycles. The molecule has 1 heterocycles. The number of amides is 1. The summed E-state index contributed by atoms with van der Waals surface area (Å²) in [6.07, 6.45) is 0. The molecule has 0 fully saturated rings. The van der Waals surface area contributed by atoms with E-state index in [0.717, 1.165) is 21.7 Å². The van der Waals surface area contributed by atoms with Crippen LogP contribution in [0.25, 0.3) is 0 Å². The third kappa shape index (κ3) is 3.57. The van der Waals surface area contributed by atoms with Crippen LogP contribution in [0, 0.1) is 0 Å². The largest absolute Gasteiger partial charge is 0.477 e. The second-order valence-corrected chi connectivity index (χ2v) is 8.39. The maximum atomic E-state index is 12.5. The van der Waals surface area contributed by atoms with Crippen molar-refractivity contribution in [2.45, 2.75) is 24.8 Å². The fourth-order valence-corrected chi connectivity index (χ4v) is 5.42. The molecule has 10 heteroatoms. The molecule has 1 amide bonds. The highest BCUT2D eigenvalue weighted by Crippen LogP contribution is 2.34. The van der Waals surface area contributed by atoms with Crippen molar-refractivity contribution < 1.29 is 23.1 Å². The summed E-state index contributed by atoms with van der Waals surface area (Å²) < 4.78 is 26.0. The van der Waals surface area contributed by atoms with E-state index in [1.165, 1.54) is 0 Å². The number of rotatable bonds is 6. The van der Waals surface area contributed by atoms with E-state index in [4.69, 9.17) is 10.8 Å². The molecule has 1 aromatic heterocycles. The number of halogens is 1. The summed E-state index contributed by atoms with van der Waals surface area (Å²) in [6, 6.07) is 0.565. The van der Waals surface area contributed by atoms with Gasteiger partial charge in [0.1, 0.15) is 9.77 Å². The van der Waals surface area contributed by atoms with Gasteiger partial charge in [-0.1, -0.05) is 0 Å². The summed E-state index contributed by atoms with van der Waals surface area (Å²) in [5.74, 6) is -2.00. The Bertz CT molecular complexity index is 638. The second kappa shape index (κ2) is 6.20. The molecular weight excluding hydrogens is 372 g/mol. The van der Waals surface area contributed by atoms with Gasteiger partial charge in [0.05, 0.1) is 10.3 Å². The van der Waals surface area contributed by atoms with Crippen LogP contribution in [0.1, 0.15) is 23.5 Å². The zero-order valence-corrected chi connectivity index (χ0v) is 13.9. The van der Waals surface area contributed by atoms with Gasteiger partial charge in [-0.25, -0.2) is 13.2 Å². The third-order valence-corrected chi connectivity index (χ3v) is 6.60. The lowest BCUT2D eigenvalue weighted by Crippen LogP contribution is -2.42. The first-order valence-electron chi connectivity index (χ1n) is 5.40. The minimum atomic E-state index is -4.01. The molecule has 0 aliphatic heterocycles. The van der Waals surface area contributed by atoms with Gasteiger partial charge < -0.3 is 10.8 Å². The van der Waals surface area contributed by atoms with Crippen LogP contribution in [-0.2, 0) is 14.8 Å². The minimum absolute atomic E-state index is 0.113. The van der Waals surface area contributed by atoms with Crippen molar-refractivity contribution in [2.24, 2.45) is 5.73 Å². The molecular formula is C10H13BrN2O5S2. The zero-order valence-electron chi connectivity index (χ0n) is 10.7. The molecule has 0 radical (unpaired) electrons. The van der Waals surface area contributed by atoms with Crippen LogP contribution in [0.5, 0.6) is 0 Å². The van der Waals surface area contributed by atoms with Crippen molar-refractivity contribution in [1.82, 2.24) is 4.31 Å². The van der Waals surface area contributed by atoms with Crippen LogP contribution in [0.3, 0.4) is 0 Å². The highest BCUT2D eigenvalue weighted by atomic mass is 79.9. The zero-order chi connectivity index (χ0) is 15.7. The van der Waals surface area contributed by atoms with Gasteiger partial charge in [0.25, 0.3) is 0 Å². The average Bonchev–Trinajstić information content (AvgIpc) is 2.68. The maximum Gasteiger partial charge on any atom is 0.345 e. The Morgan fingerprint density at radius 1 is 1.50 bits per heavy atom. The Morgan fingerprint density at radius 2 is 2.05 bits per heavy atom. The summed E-state index contributed by atoms with van der Waals surface area (Å²) in [5, 5.41) is 8.89. The van der Waals surface area contributed by atoms with Crippen LogP contribution >= 0.6 is 27.3 Å². The van der Waals surface area contributed by atoms with Crippen LogP contribution in [0.15, 0.2) is 14.7 Å². The Balaban J connectivity index is 3.33. The molecule has 0 saturated heterocycles. The van der Waals surface area contributed by atoms with E-state index < -0.39 is 34.5 Å². The molecule has 7 nitrogen and oxygen atoms in total. The standard InChI is InChI=1S/C10H13BrN2O5S2/c1-5(2)13(4-8(12)14)20(17,18)7-3-6(10(15)16)19-9(7)11/h3,5H,4H2,1-2H3,(H2,12,14)(H,15,16). The maximum absolute atomic E-state index is 12.5. The Labute approximate surface area is 128 Å². The second-order valence-electron chi connectivity index (χ2n) is 4.16. The number of carbonyl (C=O) groups excluding carboxylic acids is 1. The van der Waals surface area contributed by atoms with Gasteiger partial charge in [-0.15, -0.1) is 11.3 Å². The molecule has 0 unspecified atom stereocenters. The number of hydrogen-bond donors (Lipinski definition) is 2. The quantitative estimate of drug-likeness (QED) is 0.760. The Kier molecular flexibility index (Phi) is 5.30. The lowest BCUT2D eigenvalue weighted by Gasteiger charge is -2.24. The molecule has 0 spiro atoms. The van der Waals surface area contributed by atoms with E-state index >= 15 is 0 Å². The first kappa shape index (κ1) is 17.1. The lowest BCUT2D eigenvalue weighted by atomic mass is 10.4. The van der Waals surface area contributed by atoms with Gasteiger partial charge in [0.2, 0.25) is 15.9 Å². The van der Waals surface area contributed by atoms with Gasteiger partial charge in [-0.2, -0.15) is 4.31 Å². The van der Waals surface area contributed by atoms with Crippen molar-refractivity contribution in [3.05, 3.63) is 14.7 Å². The molecule has 20 heavy (non-hydrogen) atoms. The fourth-order valence-electron chi connectivity index (χ4n) is 1.46. The number of aromatic carboxylic acids is 1. The predicted molar refractivity (Wildman–Crippen MR) is 77.2 cm³/mol. The lowest BCUT2D eigenvalue weighted by molar-refractivity contribution is -0.118. The molecule has 0 aliphatic rings. The van der Waals surface area contributed by atoms with Gasteiger partial charge in [0.15, 0.2) is 0 Å². The van der Waals surface area contributed by atoms with Gasteiger partial charge >= 0.3 is 5.97 Å². The topological polar surface area (TPSA) is 118 Å². The molecule has 1 rings (SSSR count). The van der Waals surface area contributed by atoms with Gasteiger partial charge in [-0.05, 0) is 35.8 Å². The summed E-state index contributed by atoms with van der Waals surface area (Å²) in [5.41, 5.74) is 5.05. The van der Waals surface area contributed by atoms with E-state index in [1.54, 1.807) is 13.8 Å². The SMILES string of the molecule is CC(C)N(CC(N)=O)S(=O)(=O)c1cc(C(=O)O)sc1Br. The van der Waals surface area contributed by atoms with Crippen LogP contribution in [0.4, 0.5) is 0 Å². The number of carboxylic acid groups (broad SMARTS) is 1. The molecule has 0 aromatic carbocycles. The van der Waals surface area contributed by atoms with Gasteiger partial charge in [0, 0.05) is 6.04 Å². The van der Waals surface area contributed by atoms with Gasteiger partial charge in [-0.3, -0.25) is 4.79 Å². The van der Waals surface area contributed by atoms with E-state index in [0.29, 0.717) is 0 Å². The van der Waals surface area contributed by atoms with E-state index in [1.807, 2.05) is 0 Å². The number of hydrogen-bond acceptors (Lipinski definition) is 5. The average molecular weight is 385 g/mol. The fraction of sp³-hybridized carbons (Fsp3) is 0.400. The molecule has 112 valence electrons. The highest BCUT2D eigenvalue weighted by molar-refractivity contribution is 9.11. The van der Waals surface area contributed by atoms with Crippen molar-refractivity contribution in [3.63, 3.8) is 0 Å². The number of carbonyl (C=O) groups is 2. The normalized spacial score (nSPS) is 12.1. The number of nitrogens with two attached hydrogens (primary N) is 1. The van der Waals surface area contributed by atoms with Crippen LogP contribution < -0.4 is 5.73 Å². The summed E-state index contributed by atoms with van der Waals surface area (Å²) >= 11 is 3.83. The first-order valence-corrected chi connectivity index (χ1v) is 8.45. The van der Waals surface area contributed by atoms with E-state index in [-0.39, 0.29) is 13.6 Å². The minimum Gasteiger partial charge on any atom is -0.477 e. The molecule has 3 N–H and O–H groups in total. The smallest absolute Gasteiger partial charge is 0.345 e. The van der Waals surface area contributed by atoms with Crippen molar-refractivity contribution in [2.75, 3.05) is 6.54 Å². The van der Waals surface area contributed by atoms with Crippen molar-refractivity contribution >= 4 is 49.2 Å². The Morgan fingerprint density at radius 3 is 2.40 bits per heavy atom. The summed E-state index contributed by atoms with van der Waals surface area (Å²) in [7, 11) is -4.01. The number of carboxylic acids is 1. The highest BCUT2D eigenvalue weighted by Gasteiger charge is 2.32. The molecule has 0 atom stereocenters. The van der Waals surface area contributed by atoms with E-state index in [9.17, 15) is 18.0 Å². The molecule has 0 saturated carbocycles. The monoisotopic (exact) mass is 384 g/mol.